The van der Waals surface area contributed by atoms with Gasteiger partial charge in [-0.3, -0.25) is 4.79 Å². The Bertz CT molecular complexity index is 425. The smallest absolute Gasteiger partial charge is 0.274 e. The van der Waals surface area contributed by atoms with Gasteiger partial charge >= 0.3 is 0 Å². The first-order valence-corrected chi connectivity index (χ1v) is 6.67. The summed E-state index contributed by atoms with van der Waals surface area (Å²) in [7, 11) is 1.85. The number of rotatable bonds is 3. The summed E-state index contributed by atoms with van der Waals surface area (Å²) < 4.78 is 0. The first kappa shape index (κ1) is 13.7. The molecular formula is C13H21N5O. The van der Waals surface area contributed by atoms with Crippen LogP contribution < -0.4 is 11.3 Å². The van der Waals surface area contributed by atoms with Crippen molar-refractivity contribution < 1.29 is 4.79 Å². The van der Waals surface area contributed by atoms with Crippen LogP contribution in [0.15, 0.2) is 12.4 Å². The van der Waals surface area contributed by atoms with Gasteiger partial charge in [0.2, 0.25) is 0 Å². The molecule has 0 aliphatic heterocycles. The summed E-state index contributed by atoms with van der Waals surface area (Å²) in [4.78, 5) is 22.2. The molecule has 104 valence electrons. The highest BCUT2D eigenvalue weighted by Crippen LogP contribution is 2.26. The van der Waals surface area contributed by atoms with Crippen LogP contribution in [0.4, 0.5) is 5.82 Å². The number of hydrogen-bond acceptors (Lipinski definition) is 5. The van der Waals surface area contributed by atoms with Crippen LogP contribution in [-0.2, 0) is 0 Å². The van der Waals surface area contributed by atoms with Gasteiger partial charge in [-0.25, -0.2) is 15.8 Å². The molecule has 1 fully saturated rings. The number of aromatic nitrogens is 2. The van der Waals surface area contributed by atoms with Crippen molar-refractivity contribution in [3.63, 3.8) is 0 Å². The minimum atomic E-state index is -0.0735. The lowest BCUT2D eigenvalue weighted by Gasteiger charge is -2.33. The third-order valence-electron chi connectivity index (χ3n) is 3.87. The van der Waals surface area contributed by atoms with Crippen molar-refractivity contribution in [2.45, 2.75) is 38.6 Å². The molecule has 1 heterocycles. The molecule has 0 bridgehead atoms. The van der Waals surface area contributed by atoms with E-state index in [0.717, 1.165) is 18.8 Å². The lowest BCUT2D eigenvalue weighted by molar-refractivity contribution is 0.0673. The average molecular weight is 263 g/mol. The van der Waals surface area contributed by atoms with Crippen LogP contribution >= 0.6 is 0 Å². The maximum Gasteiger partial charge on any atom is 0.274 e. The Morgan fingerprint density at radius 3 is 2.53 bits per heavy atom. The van der Waals surface area contributed by atoms with Crippen LogP contribution in [0, 0.1) is 5.92 Å². The molecular weight excluding hydrogens is 242 g/mol. The molecule has 0 aromatic carbocycles. The van der Waals surface area contributed by atoms with Crippen LogP contribution in [0.2, 0.25) is 0 Å². The summed E-state index contributed by atoms with van der Waals surface area (Å²) in [6, 6.07) is 0.317. The number of hydrazine groups is 1. The normalized spacial score (nSPS) is 22.9. The van der Waals surface area contributed by atoms with Gasteiger partial charge in [0.05, 0.1) is 12.4 Å². The highest BCUT2D eigenvalue weighted by molar-refractivity contribution is 5.92. The molecule has 2 rings (SSSR count). The first-order chi connectivity index (χ1) is 9.11. The largest absolute Gasteiger partial charge is 0.337 e. The van der Waals surface area contributed by atoms with E-state index in [1.165, 1.54) is 25.2 Å². The van der Waals surface area contributed by atoms with Crippen molar-refractivity contribution in [2.75, 3.05) is 12.5 Å². The van der Waals surface area contributed by atoms with E-state index in [1.54, 1.807) is 4.90 Å². The van der Waals surface area contributed by atoms with Gasteiger partial charge in [0.1, 0.15) is 5.69 Å². The standard InChI is InChI=1S/C13H21N5O/c1-9-3-5-10(6-4-9)18(2)13(19)11-7-16-12(17-14)8-15-11/h7-10H,3-6,14H2,1-2H3,(H,16,17). The second-order valence-electron chi connectivity index (χ2n) is 5.26. The molecule has 6 nitrogen and oxygen atoms in total. The van der Waals surface area contributed by atoms with Gasteiger partial charge in [0.25, 0.3) is 5.91 Å². The molecule has 1 aromatic rings. The number of nitrogen functional groups attached to an aromatic ring is 1. The van der Waals surface area contributed by atoms with Gasteiger partial charge in [-0.1, -0.05) is 6.92 Å². The Morgan fingerprint density at radius 2 is 2.00 bits per heavy atom. The summed E-state index contributed by atoms with van der Waals surface area (Å²) in [5.41, 5.74) is 2.75. The van der Waals surface area contributed by atoms with E-state index in [4.69, 9.17) is 5.84 Å². The fourth-order valence-corrected chi connectivity index (χ4v) is 2.49. The molecule has 0 radical (unpaired) electrons. The first-order valence-electron chi connectivity index (χ1n) is 6.67. The van der Waals surface area contributed by atoms with Crippen molar-refractivity contribution in [1.82, 2.24) is 14.9 Å². The van der Waals surface area contributed by atoms with Gasteiger partial charge in [0, 0.05) is 13.1 Å². The SMILES string of the molecule is CC1CCC(N(C)C(=O)c2cnc(NN)cn2)CC1. The maximum atomic E-state index is 12.3. The van der Waals surface area contributed by atoms with E-state index >= 15 is 0 Å². The van der Waals surface area contributed by atoms with Gasteiger partial charge in [0.15, 0.2) is 5.82 Å². The second kappa shape index (κ2) is 5.97. The topological polar surface area (TPSA) is 84.1 Å². The molecule has 0 atom stereocenters. The highest BCUT2D eigenvalue weighted by Gasteiger charge is 2.26. The second-order valence-corrected chi connectivity index (χ2v) is 5.26. The molecule has 0 unspecified atom stereocenters. The molecule has 19 heavy (non-hydrogen) atoms. The number of nitrogens with zero attached hydrogens (tertiary/aromatic N) is 3. The van der Waals surface area contributed by atoms with Gasteiger partial charge < -0.3 is 10.3 Å². The van der Waals surface area contributed by atoms with Crippen LogP contribution in [0.5, 0.6) is 0 Å². The Morgan fingerprint density at radius 1 is 1.32 bits per heavy atom. The minimum absolute atomic E-state index is 0.0735. The number of nitrogens with two attached hydrogens (primary N) is 1. The zero-order valence-corrected chi connectivity index (χ0v) is 11.5. The predicted octanol–water partition coefficient (Wildman–Crippen LogP) is 1.41. The van der Waals surface area contributed by atoms with E-state index in [0.29, 0.717) is 17.6 Å². The Kier molecular flexibility index (Phi) is 4.31. The summed E-state index contributed by atoms with van der Waals surface area (Å²) in [5.74, 6) is 6.37. The van der Waals surface area contributed by atoms with E-state index < -0.39 is 0 Å². The van der Waals surface area contributed by atoms with E-state index in [2.05, 4.69) is 22.3 Å². The van der Waals surface area contributed by atoms with E-state index in [9.17, 15) is 4.79 Å². The molecule has 1 amide bonds. The summed E-state index contributed by atoms with van der Waals surface area (Å²) in [5, 5.41) is 0. The Labute approximate surface area is 113 Å². The quantitative estimate of drug-likeness (QED) is 0.636. The van der Waals surface area contributed by atoms with Crippen molar-refractivity contribution in [1.29, 1.82) is 0 Å². The number of carbonyl (C=O) groups is 1. The van der Waals surface area contributed by atoms with Gasteiger partial charge in [-0.15, -0.1) is 0 Å². The van der Waals surface area contributed by atoms with Crippen molar-refractivity contribution in [3.8, 4) is 0 Å². The fourth-order valence-electron chi connectivity index (χ4n) is 2.49. The lowest BCUT2D eigenvalue weighted by atomic mass is 9.86. The third-order valence-corrected chi connectivity index (χ3v) is 3.87. The number of nitrogens with one attached hydrogen (secondary N) is 1. The molecule has 1 aliphatic carbocycles. The van der Waals surface area contributed by atoms with Crippen LogP contribution in [0.1, 0.15) is 43.1 Å². The summed E-state index contributed by atoms with van der Waals surface area (Å²) in [6.45, 7) is 2.27. The number of anilines is 1. The van der Waals surface area contributed by atoms with Gasteiger partial charge in [-0.05, 0) is 31.6 Å². The Hall–Kier alpha value is -1.69. The van der Waals surface area contributed by atoms with Crippen LogP contribution in [0.25, 0.3) is 0 Å². The molecule has 0 saturated heterocycles. The zero-order valence-electron chi connectivity index (χ0n) is 11.5. The highest BCUT2D eigenvalue weighted by atomic mass is 16.2. The van der Waals surface area contributed by atoms with E-state index in [-0.39, 0.29) is 5.91 Å². The molecule has 0 spiro atoms. The molecule has 1 saturated carbocycles. The molecule has 6 heteroatoms. The monoisotopic (exact) mass is 263 g/mol. The van der Waals surface area contributed by atoms with Crippen LogP contribution in [0.3, 0.4) is 0 Å². The Balaban J connectivity index is 2.01. The zero-order chi connectivity index (χ0) is 13.8. The summed E-state index contributed by atoms with van der Waals surface area (Å²) >= 11 is 0. The average Bonchev–Trinajstić information content (AvgIpc) is 2.46. The van der Waals surface area contributed by atoms with Gasteiger partial charge in [-0.2, -0.15) is 0 Å². The lowest BCUT2D eigenvalue weighted by Crippen LogP contribution is -2.39. The van der Waals surface area contributed by atoms with E-state index in [1.807, 2.05) is 7.05 Å². The molecule has 1 aromatic heterocycles. The molecule has 3 N–H and O–H groups in total. The van der Waals surface area contributed by atoms with Crippen molar-refractivity contribution in [2.24, 2.45) is 11.8 Å². The van der Waals surface area contributed by atoms with Crippen LogP contribution in [-0.4, -0.2) is 33.9 Å². The number of carbonyl (C=O) groups excluding carboxylic acids is 1. The summed E-state index contributed by atoms with van der Waals surface area (Å²) in [6.07, 6.45) is 7.43. The third kappa shape index (κ3) is 3.20. The predicted molar refractivity (Wildman–Crippen MR) is 73.4 cm³/mol. The van der Waals surface area contributed by atoms with Crippen molar-refractivity contribution in [3.05, 3.63) is 18.1 Å². The minimum Gasteiger partial charge on any atom is -0.337 e. The van der Waals surface area contributed by atoms with Crippen molar-refractivity contribution >= 4 is 11.7 Å². The maximum absolute atomic E-state index is 12.3. The number of hydrogen-bond donors (Lipinski definition) is 2. The molecule has 1 aliphatic rings. The fraction of sp³-hybridized carbons (Fsp3) is 0.615. The number of amides is 1.